The fourth-order valence-electron chi connectivity index (χ4n) is 1.71. The van der Waals surface area contributed by atoms with Crippen LogP contribution >= 0.6 is 11.6 Å². The third-order valence-electron chi connectivity index (χ3n) is 2.69. The summed E-state index contributed by atoms with van der Waals surface area (Å²) in [5, 5.41) is 0.614. The highest BCUT2D eigenvalue weighted by Gasteiger charge is 2.08. The molecule has 2 aromatic carbocycles. The van der Waals surface area contributed by atoms with Crippen LogP contribution in [0.25, 0.3) is 0 Å². The first-order chi connectivity index (χ1) is 9.65. The third-order valence-corrected chi connectivity index (χ3v) is 2.93. The summed E-state index contributed by atoms with van der Waals surface area (Å²) in [5.41, 5.74) is 1.83. The van der Waals surface area contributed by atoms with Crippen LogP contribution in [0.4, 0.5) is 0 Å². The van der Waals surface area contributed by atoms with E-state index in [1.807, 2.05) is 37.3 Å². The van der Waals surface area contributed by atoms with E-state index in [1.54, 1.807) is 18.2 Å². The monoisotopic (exact) mass is 290 g/mol. The highest BCUT2D eigenvalue weighted by Crippen LogP contribution is 2.21. The van der Waals surface area contributed by atoms with Crippen molar-refractivity contribution in [3.63, 3.8) is 0 Å². The highest BCUT2D eigenvalue weighted by molar-refractivity contribution is 6.30. The van der Waals surface area contributed by atoms with E-state index in [2.05, 4.69) is 0 Å². The van der Waals surface area contributed by atoms with Gasteiger partial charge in [0.1, 0.15) is 12.4 Å². The van der Waals surface area contributed by atoms with Crippen LogP contribution in [0.3, 0.4) is 0 Å². The molecule has 3 nitrogen and oxygen atoms in total. The number of carbonyl (C=O) groups excluding carboxylic acids is 1. The Morgan fingerprint density at radius 3 is 2.60 bits per heavy atom. The van der Waals surface area contributed by atoms with Crippen LogP contribution in [0.15, 0.2) is 48.5 Å². The lowest BCUT2D eigenvalue weighted by Crippen LogP contribution is -2.16. The van der Waals surface area contributed by atoms with E-state index >= 15 is 0 Å². The molecule has 2 aromatic rings. The second-order valence-corrected chi connectivity index (χ2v) is 4.80. The summed E-state index contributed by atoms with van der Waals surface area (Å²) in [4.78, 5) is 11.7. The van der Waals surface area contributed by atoms with Gasteiger partial charge in [0.05, 0.1) is 6.61 Å². The average molecular weight is 291 g/mol. The van der Waals surface area contributed by atoms with Crippen molar-refractivity contribution in [3.8, 4) is 5.75 Å². The Labute approximate surface area is 123 Å². The van der Waals surface area contributed by atoms with Crippen LogP contribution in [0.1, 0.15) is 11.1 Å². The zero-order valence-electron chi connectivity index (χ0n) is 11.1. The van der Waals surface area contributed by atoms with E-state index in [0.717, 1.165) is 11.1 Å². The summed E-state index contributed by atoms with van der Waals surface area (Å²) >= 11 is 5.84. The van der Waals surface area contributed by atoms with Crippen molar-refractivity contribution in [3.05, 3.63) is 64.7 Å². The molecule has 0 saturated carbocycles. The van der Waals surface area contributed by atoms with E-state index < -0.39 is 5.97 Å². The summed E-state index contributed by atoms with van der Waals surface area (Å²) in [5.74, 6) is 0.0778. The number of aryl methyl sites for hydroxylation is 1. The second kappa shape index (κ2) is 7.08. The number of benzene rings is 2. The van der Waals surface area contributed by atoms with Crippen molar-refractivity contribution in [2.45, 2.75) is 13.5 Å². The Balaban J connectivity index is 1.81. The minimum atomic E-state index is -0.425. The number of carbonyl (C=O) groups is 1. The number of hydrogen-bond acceptors (Lipinski definition) is 3. The molecular formula is C16H15ClO3. The van der Waals surface area contributed by atoms with Gasteiger partial charge in [0.25, 0.3) is 0 Å². The van der Waals surface area contributed by atoms with E-state index in [-0.39, 0.29) is 6.61 Å². The Morgan fingerprint density at radius 1 is 1.15 bits per heavy atom. The number of halogens is 1. The molecule has 0 N–H and O–H groups in total. The average Bonchev–Trinajstić information content (AvgIpc) is 2.43. The van der Waals surface area contributed by atoms with E-state index in [1.165, 1.54) is 0 Å². The molecule has 0 atom stereocenters. The lowest BCUT2D eigenvalue weighted by molar-refractivity contribution is -0.139. The Kier molecular flexibility index (Phi) is 5.16. The molecule has 0 aromatic heterocycles. The molecule has 20 heavy (non-hydrogen) atoms. The van der Waals surface area contributed by atoms with Gasteiger partial charge in [0.15, 0.2) is 0 Å². The molecule has 0 spiro atoms. The van der Waals surface area contributed by atoms with Crippen LogP contribution in [0, 0.1) is 6.92 Å². The van der Waals surface area contributed by atoms with Gasteiger partial charge in [-0.1, -0.05) is 41.9 Å². The van der Waals surface area contributed by atoms with Gasteiger partial charge < -0.3 is 9.47 Å². The number of esters is 1. The largest absolute Gasteiger partial charge is 0.425 e. The fraction of sp³-hybridized carbons (Fsp3) is 0.188. The van der Waals surface area contributed by atoms with Gasteiger partial charge >= 0.3 is 5.97 Å². The summed E-state index contributed by atoms with van der Waals surface area (Å²) < 4.78 is 10.5. The molecule has 0 amide bonds. The van der Waals surface area contributed by atoms with Crippen molar-refractivity contribution >= 4 is 17.6 Å². The van der Waals surface area contributed by atoms with Gasteiger partial charge in [0, 0.05) is 5.02 Å². The van der Waals surface area contributed by atoms with Crippen LogP contribution in [0.5, 0.6) is 5.75 Å². The smallest absolute Gasteiger partial charge is 0.337 e. The molecule has 4 heteroatoms. The molecule has 0 aliphatic rings. The van der Waals surface area contributed by atoms with Crippen LogP contribution in [-0.4, -0.2) is 12.6 Å². The van der Waals surface area contributed by atoms with Crippen molar-refractivity contribution in [2.75, 3.05) is 6.61 Å². The van der Waals surface area contributed by atoms with E-state index in [0.29, 0.717) is 17.4 Å². The summed E-state index contributed by atoms with van der Waals surface area (Å²) in [6, 6.07) is 14.8. The molecule has 0 fully saturated rings. The van der Waals surface area contributed by atoms with Gasteiger partial charge in [0.2, 0.25) is 0 Å². The minimum absolute atomic E-state index is 0.0863. The van der Waals surface area contributed by atoms with Crippen molar-refractivity contribution < 1.29 is 14.3 Å². The Bertz CT molecular complexity index is 582. The topological polar surface area (TPSA) is 35.5 Å². The molecular weight excluding hydrogens is 276 g/mol. The van der Waals surface area contributed by atoms with Crippen LogP contribution < -0.4 is 4.74 Å². The molecule has 0 unspecified atom stereocenters. The second-order valence-electron chi connectivity index (χ2n) is 4.36. The highest BCUT2D eigenvalue weighted by atomic mass is 35.5. The maximum Gasteiger partial charge on any atom is 0.337 e. The minimum Gasteiger partial charge on any atom is -0.425 e. The van der Waals surface area contributed by atoms with E-state index in [9.17, 15) is 4.79 Å². The molecule has 0 aliphatic carbocycles. The van der Waals surface area contributed by atoms with Gasteiger partial charge in [-0.2, -0.15) is 0 Å². The van der Waals surface area contributed by atoms with Crippen molar-refractivity contribution in [2.24, 2.45) is 0 Å². The first-order valence-electron chi connectivity index (χ1n) is 6.23. The number of ether oxygens (including phenoxy) is 2. The van der Waals surface area contributed by atoms with Gasteiger partial charge in [-0.25, -0.2) is 4.79 Å². The predicted molar refractivity (Wildman–Crippen MR) is 77.9 cm³/mol. The van der Waals surface area contributed by atoms with E-state index in [4.69, 9.17) is 21.1 Å². The quantitative estimate of drug-likeness (QED) is 0.621. The van der Waals surface area contributed by atoms with Crippen molar-refractivity contribution in [1.82, 2.24) is 0 Å². The van der Waals surface area contributed by atoms with Gasteiger partial charge in [-0.3, -0.25) is 0 Å². The van der Waals surface area contributed by atoms with Gasteiger partial charge in [-0.05, 0) is 36.2 Å². The molecule has 0 radical (unpaired) electrons. The lowest BCUT2D eigenvalue weighted by atomic mass is 10.2. The fourth-order valence-corrected chi connectivity index (χ4v) is 1.93. The van der Waals surface area contributed by atoms with Gasteiger partial charge in [-0.15, -0.1) is 0 Å². The third kappa shape index (κ3) is 4.37. The molecule has 0 aliphatic heterocycles. The van der Waals surface area contributed by atoms with Crippen LogP contribution in [-0.2, 0) is 16.1 Å². The van der Waals surface area contributed by atoms with Crippen LogP contribution in [0.2, 0.25) is 5.02 Å². The maximum absolute atomic E-state index is 11.7. The normalized spacial score (nSPS) is 10.3. The number of hydrogen-bond donors (Lipinski definition) is 0. The Morgan fingerprint density at radius 2 is 1.90 bits per heavy atom. The molecule has 0 heterocycles. The zero-order chi connectivity index (χ0) is 14.4. The molecule has 0 saturated heterocycles. The number of rotatable bonds is 5. The molecule has 104 valence electrons. The first-order valence-corrected chi connectivity index (χ1v) is 6.61. The molecule has 0 bridgehead atoms. The standard InChI is InChI=1S/C16H15ClO3/c1-12-9-14(17)7-8-15(12)20-16(18)11-19-10-13-5-3-2-4-6-13/h2-9H,10-11H2,1H3. The summed E-state index contributed by atoms with van der Waals surface area (Å²) in [6.07, 6.45) is 0. The predicted octanol–water partition coefficient (Wildman–Crippen LogP) is 3.77. The maximum atomic E-state index is 11.7. The summed E-state index contributed by atoms with van der Waals surface area (Å²) in [7, 11) is 0. The first kappa shape index (κ1) is 14.6. The zero-order valence-corrected chi connectivity index (χ0v) is 11.9. The van der Waals surface area contributed by atoms with Crippen molar-refractivity contribution in [1.29, 1.82) is 0 Å². The molecule has 2 rings (SSSR count). The Hall–Kier alpha value is -1.84. The lowest BCUT2D eigenvalue weighted by Gasteiger charge is -2.08. The SMILES string of the molecule is Cc1cc(Cl)ccc1OC(=O)COCc1ccccc1. The summed E-state index contributed by atoms with van der Waals surface area (Å²) in [6.45, 7) is 2.13.